The summed E-state index contributed by atoms with van der Waals surface area (Å²) in [5, 5.41) is 5.94. The summed E-state index contributed by atoms with van der Waals surface area (Å²) < 4.78 is 26.1. The lowest BCUT2D eigenvalue weighted by atomic mass is 10.2. The Hall–Kier alpha value is -2.20. The maximum atomic E-state index is 12.4. The maximum Gasteiger partial charge on any atom is 0.251 e. The van der Waals surface area contributed by atoms with Gasteiger partial charge in [0.1, 0.15) is 0 Å². The number of amides is 1. The minimum Gasteiger partial charge on any atom is -0.348 e. The molecule has 2 N–H and O–H groups in total. The van der Waals surface area contributed by atoms with Gasteiger partial charge in [0.05, 0.1) is 15.6 Å². The molecule has 1 heterocycles. The van der Waals surface area contributed by atoms with Crippen molar-refractivity contribution in [1.29, 1.82) is 0 Å². The van der Waals surface area contributed by atoms with Crippen molar-refractivity contribution in [1.82, 2.24) is 15.0 Å². The third-order valence-electron chi connectivity index (χ3n) is 4.10. The molecule has 0 aliphatic carbocycles. The molecule has 0 spiro atoms. The van der Waals surface area contributed by atoms with E-state index in [9.17, 15) is 13.2 Å². The molecule has 0 bridgehead atoms. The molecule has 0 saturated carbocycles. The average Bonchev–Trinajstić information content (AvgIpc) is 3.16. The quantitative estimate of drug-likeness (QED) is 0.515. The van der Waals surface area contributed by atoms with E-state index in [2.05, 4.69) is 20.4 Å². The summed E-state index contributed by atoms with van der Waals surface area (Å²) in [7, 11) is -2.14. The van der Waals surface area contributed by atoms with E-state index in [0.717, 1.165) is 21.3 Å². The molecule has 9 heteroatoms. The number of aromatic nitrogens is 1. The largest absolute Gasteiger partial charge is 0.348 e. The number of thiazole rings is 1. The zero-order valence-electron chi connectivity index (χ0n) is 16.0. The number of thioether (sulfide) groups is 1. The van der Waals surface area contributed by atoms with Gasteiger partial charge in [-0.25, -0.2) is 18.1 Å². The smallest absolute Gasteiger partial charge is 0.251 e. The lowest BCUT2D eigenvalue weighted by molar-refractivity contribution is 0.0951. The number of hydrogen-bond acceptors (Lipinski definition) is 6. The van der Waals surface area contributed by atoms with Crippen LogP contribution in [0.5, 0.6) is 0 Å². The number of nitrogens with one attached hydrogen (secondary N) is 2. The summed E-state index contributed by atoms with van der Waals surface area (Å²) >= 11 is 3.31. The topological polar surface area (TPSA) is 88.2 Å². The SMILES string of the molecule is CNS(=O)(=O)c1cccc(CNC(=O)c2ccc(SCc3csc(C)n3)cc2)c1. The van der Waals surface area contributed by atoms with Crippen LogP contribution in [0.25, 0.3) is 0 Å². The van der Waals surface area contributed by atoms with Crippen molar-refractivity contribution in [3.8, 4) is 0 Å². The minimum atomic E-state index is -3.51. The van der Waals surface area contributed by atoms with Crippen molar-refractivity contribution in [3.63, 3.8) is 0 Å². The van der Waals surface area contributed by atoms with Crippen molar-refractivity contribution in [2.24, 2.45) is 0 Å². The number of sulfonamides is 1. The molecule has 3 aromatic rings. The fraction of sp³-hybridized carbons (Fsp3) is 0.200. The summed E-state index contributed by atoms with van der Waals surface area (Å²) in [5.74, 6) is 0.584. The van der Waals surface area contributed by atoms with Crippen LogP contribution in [0.15, 0.2) is 63.7 Å². The first-order valence-electron chi connectivity index (χ1n) is 8.82. The van der Waals surface area contributed by atoms with E-state index < -0.39 is 10.0 Å². The molecule has 2 aromatic carbocycles. The van der Waals surface area contributed by atoms with Crippen LogP contribution in [0, 0.1) is 6.92 Å². The molecule has 0 atom stereocenters. The van der Waals surface area contributed by atoms with Crippen LogP contribution in [-0.2, 0) is 22.3 Å². The van der Waals surface area contributed by atoms with Crippen LogP contribution < -0.4 is 10.0 Å². The van der Waals surface area contributed by atoms with E-state index in [4.69, 9.17) is 0 Å². The normalized spacial score (nSPS) is 11.4. The van der Waals surface area contributed by atoms with Gasteiger partial charge < -0.3 is 5.32 Å². The van der Waals surface area contributed by atoms with Crippen molar-refractivity contribution in [3.05, 3.63) is 75.7 Å². The summed E-state index contributed by atoms with van der Waals surface area (Å²) in [6.07, 6.45) is 0. The second-order valence-electron chi connectivity index (χ2n) is 6.21. The van der Waals surface area contributed by atoms with Crippen LogP contribution >= 0.6 is 23.1 Å². The highest BCUT2D eigenvalue weighted by molar-refractivity contribution is 7.98. The minimum absolute atomic E-state index is 0.170. The fourth-order valence-corrected chi connectivity index (χ4v) is 4.87. The molecule has 1 amide bonds. The molecule has 6 nitrogen and oxygen atoms in total. The van der Waals surface area contributed by atoms with Crippen LogP contribution in [0.1, 0.15) is 26.6 Å². The zero-order valence-corrected chi connectivity index (χ0v) is 18.5. The van der Waals surface area contributed by atoms with Gasteiger partial charge in [-0.3, -0.25) is 4.79 Å². The highest BCUT2D eigenvalue weighted by atomic mass is 32.2. The number of nitrogens with zero attached hydrogens (tertiary/aromatic N) is 1. The molecular weight excluding hydrogens is 426 g/mol. The summed E-state index contributed by atoms with van der Waals surface area (Å²) in [6.45, 7) is 2.23. The number of carbonyl (C=O) groups excluding carboxylic acids is 1. The van der Waals surface area contributed by atoms with Crippen molar-refractivity contribution < 1.29 is 13.2 Å². The third-order valence-corrected chi connectivity index (χ3v) is 7.38. The molecular formula is C20H21N3O3S3. The second kappa shape index (κ2) is 9.53. The van der Waals surface area contributed by atoms with E-state index in [1.54, 1.807) is 53.4 Å². The lowest BCUT2D eigenvalue weighted by Crippen LogP contribution is -2.23. The fourth-order valence-electron chi connectivity index (χ4n) is 2.56. The lowest BCUT2D eigenvalue weighted by Gasteiger charge is -2.08. The Kier molecular flexibility index (Phi) is 7.07. The molecule has 0 aliphatic heterocycles. The molecule has 0 radical (unpaired) electrons. The summed E-state index contributed by atoms with van der Waals surface area (Å²) in [5.41, 5.74) is 2.32. The Morgan fingerprint density at radius 1 is 1.17 bits per heavy atom. The molecule has 0 aliphatic rings. The van der Waals surface area contributed by atoms with Gasteiger partial charge in [-0.05, 0) is 55.9 Å². The van der Waals surface area contributed by atoms with Gasteiger partial charge in [0.15, 0.2) is 0 Å². The molecule has 152 valence electrons. The Morgan fingerprint density at radius 2 is 1.93 bits per heavy atom. The Bertz CT molecular complexity index is 1090. The van der Waals surface area contributed by atoms with Gasteiger partial charge >= 0.3 is 0 Å². The van der Waals surface area contributed by atoms with Crippen molar-refractivity contribution >= 4 is 39.0 Å². The maximum absolute atomic E-state index is 12.4. The van der Waals surface area contributed by atoms with Gasteiger partial charge in [0.25, 0.3) is 5.91 Å². The number of aryl methyl sites for hydroxylation is 1. The average molecular weight is 448 g/mol. The Morgan fingerprint density at radius 3 is 2.59 bits per heavy atom. The van der Waals surface area contributed by atoms with Crippen LogP contribution in [-0.4, -0.2) is 26.4 Å². The van der Waals surface area contributed by atoms with E-state index in [1.807, 2.05) is 19.1 Å². The van der Waals surface area contributed by atoms with Crippen LogP contribution in [0.2, 0.25) is 0 Å². The van der Waals surface area contributed by atoms with E-state index in [-0.39, 0.29) is 17.3 Å². The highest BCUT2D eigenvalue weighted by Crippen LogP contribution is 2.24. The predicted octanol–water partition coefficient (Wildman–Crippen LogP) is 3.58. The highest BCUT2D eigenvalue weighted by Gasteiger charge is 2.12. The number of benzene rings is 2. The molecule has 1 aromatic heterocycles. The molecule has 0 saturated heterocycles. The third kappa shape index (κ3) is 5.89. The Balaban J connectivity index is 1.56. The van der Waals surface area contributed by atoms with E-state index in [0.29, 0.717) is 11.1 Å². The number of hydrogen-bond donors (Lipinski definition) is 2. The monoisotopic (exact) mass is 447 g/mol. The predicted molar refractivity (Wildman–Crippen MR) is 117 cm³/mol. The van der Waals surface area contributed by atoms with Crippen LogP contribution in [0.3, 0.4) is 0 Å². The summed E-state index contributed by atoms with van der Waals surface area (Å²) in [6, 6.07) is 13.9. The van der Waals surface area contributed by atoms with Crippen molar-refractivity contribution in [2.75, 3.05) is 7.05 Å². The Labute approximate surface area is 178 Å². The van der Waals surface area contributed by atoms with Crippen LogP contribution in [0.4, 0.5) is 0 Å². The van der Waals surface area contributed by atoms with Gasteiger partial charge in [0.2, 0.25) is 10.0 Å². The first-order valence-corrected chi connectivity index (χ1v) is 12.2. The van der Waals surface area contributed by atoms with E-state index >= 15 is 0 Å². The van der Waals surface area contributed by atoms with Gasteiger partial charge in [-0.2, -0.15) is 0 Å². The summed E-state index contributed by atoms with van der Waals surface area (Å²) in [4.78, 5) is 18.1. The number of carbonyl (C=O) groups is 1. The van der Waals surface area contributed by atoms with Gasteiger partial charge in [-0.1, -0.05) is 12.1 Å². The first-order chi connectivity index (χ1) is 13.9. The molecule has 29 heavy (non-hydrogen) atoms. The first kappa shape index (κ1) is 21.5. The van der Waals surface area contributed by atoms with Gasteiger partial charge in [-0.15, -0.1) is 23.1 Å². The number of rotatable bonds is 8. The van der Waals surface area contributed by atoms with E-state index in [1.165, 1.54) is 13.1 Å². The zero-order chi connectivity index (χ0) is 20.9. The standard InChI is InChI=1S/C20H21N3O3S3/c1-14-23-17(12-27-14)13-28-18-8-6-16(7-9-18)20(24)22-11-15-4-3-5-19(10-15)29(25,26)21-2/h3-10,12,21H,11,13H2,1-2H3,(H,22,24). The van der Waals surface area contributed by atoms with Crippen molar-refractivity contribution in [2.45, 2.75) is 29.0 Å². The molecule has 0 fully saturated rings. The second-order valence-corrected chi connectivity index (χ2v) is 10.2. The molecule has 0 unspecified atom stereocenters. The van der Waals surface area contributed by atoms with Gasteiger partial charge in [0, 0.05) is 28.1 Å². The molecule has 3 rings (SSSR count).